The van der Waals surface area contributed by atoms with Crippen molar-refractivity contribution in [2.75, 3.05) is 6.54 Å². The van der Waals surface area contributed by atoms with Crippen LogP contribution in [0.3, 0.4) is 0 Å². The molecule has 0 N–H and O–H groups in total. The van der Waals surface area contributed by atoms with Gasteiger partial charge < -0.3 is 10.6 Å². The zero-order valence-electron chi connectivity index (χ0n) is 13.3. The molecule has 1 aromatic carbocycles. The minimum atomic E-state index is -1.29. The summed E-state index contributed by atoms with van der Waals surface area (Å²) in [4.78, 5) is 2.27. The van der Waals surface area contributed by atoms with Crippen LogP contribution in [0.1, 0.15) is 12.0 Å². The van der Waals surface area contributed by atoms with E-state index in [1.807, 2.05) is 18.3 Å². The number of hydrogen-bond donors (Lipinski definition) is 0. The van der Waals surface area contributed by atoms with Gasteiger partial charge >= 0.3 is 18.9 Å². The number of rotatable bonds is 7. The first-order valence-electron chi connectivity index (χ1n) is 6.76. The van der Waals surface area contributed by atoms with Gasteiger partial charge in [0.2, 0.25) is 0 Å². The third kappa shape index (κ3) is 9.07. The minimum absolute atomic E-state index is 0. The van der Waals surface area contributed by atoms with Gasteiger partial charge in [0, 0.05) is 13.1 Å². The molecule has 102 valence electrons. The smallest absolute Gasteiger partial charge is 0.444 e. The molecule has 0 saturated heterocycles. The molecule has 0 amide bonds. The Labute approximate surface area is 137 Å². The molecule has 0 aliphatic rings. The Morgan fingerprint density at radius 1 is 1.25 bits per heavy atom. The molecule has 1 nitrogen and oxygen atoms in total. The van der Waals surface area contributed by atoms with Crippen molar-refractivity contribution in [3.63, 3.8) is 0 Å². The largest absolute Gasteiger partial charge is 1.00 e. The molecule has 0 fully saturated rings. The van der Waals surface area contributed by atoms with Crippen LogP contribution in [-0.2, 0) is 6.54 Å². The van der Waals surface area contributed by atoms with E-state index < -0.39 is 8.07 Å². The number of hydrogen-bond acceptors (Lipinski definition) is 1. The van der Waals surface area contributed by atoms with Gasteiger partial charge in [0.15, 0.2) is 0 Å². The van der Waals surface area contributed by atoms with E-state index in [2.05, 4.69) is 66.8 Å². The first-order valence-corrected chi connectivity index (χ1v) is 10.3. The summed E-state index contributed by atoms with van der Waals surface area (Å²) in [5.74, 6) is 0. The maximum atomic E-state index is 3.79. The maximum Gasteiger partial charge on any atom is 1.00 e. The van der Waals surface area contributed by atoms with E-state index in [0.29, 0.717) is 0 Å². The van der Waals surface area contributed by atoms with Crippen LogP contribution >= 0.6 is 0 Å². The number of benzene rings is 1. The fraction of sp³-hybridized carbons (Fsp3) is 0.353. The monoisotopic (exact) mass is 277 g/mol. The molecule has 0 aliphatic carbocycles. The fourth-order valence-corrected chi connectivity index (χ4v) is 2.10. The van der Waals surface area contributed by atoms with Crippen molar-refractivity contribution in [1.29, 1.82) is 0 Å². The molecule has 0 aliphatic heterocycles. The van der Waals surface area contributed by atoms with Gasteiger partial charge in [-0.15, -0.1) is 12.8 Å². The van der Waals surface area contributed by atoms with E-state index in [-0.39, 0.29) is 18.9 Å². The third-order valence-electron chi connectivity index (χ3n) is 2.54. The quantitative estimate of drug-likeness (QED) is 0.315. The predicted octanol–water partition coefficient (Wildman–Crippen LogP) is 1.42. The zero-order valence-corrected chi connectivity index (χ0v) is 14.3. The van der Waals surface area contributed by atoms with E-state index in [1.165, 1.54) is 5.56 Å². The standard InChI is InChI=1S/C17H24NSi.Li/c1-5-6-13-18(14-10-15-19(2,3)4)16-17-11-8-7-9-12-17;/h5,7-9,11-12,14H,1,6,13,16H2,2-4H3;/q-1;+1. The molecule has 0 aromatic heterocycles. The second-order valence-corrected chi connectivity index (χ2v) is 10.4. The van der Waals surface area contributed by atoms with Gasteiger partial charge in [-0.2, -0.15) is 0 Å². The maximum absolute atomic E-state index is 3.79. The van der Waals surface area contributed by atoms with Gasteiger partial charge in [-0.25, -0.2) is 5.70 Å². The molecule has 3 heteroatoms. The second-order valence-electron chi connectivity index (χ2n) is 5.68. The Morgan fingerprint density at radius 3 is 2.45 bits per heavy atom. The summed E-state index contributed by atoms with van der Waals surface area (Å²) in [5.41, 5.74) is 7.93. The molecule has 0 bridgehead atoms. The normalized spacial score (nSPS) is 9.95. The predicted molar refractivity (Wildman–Crippen MR) is 86.3 cm³/mol. The van der Waals surface area contributed by atoms with Crippen LogP contribution in [0.2, 0.25) is 19.6 Å². The van der Waals surface area contributed by atoms with Crippen LogP contribution in [0.15, 0.2) is 54.9 Å². The van der Waals surface area contributed by atoms with Gasteiger partial charge in [-0.3, -0.25) is 0 Å². The molecule has 0 atom stereocenters. The van der Waals surface area contributed by atoms with E-state index >= 15 is 0 Å². The summed E-state index contributed by atoms with van der Waals surface area (Å²) in [6.07, 6.45) is 4.98. The average molecular weight is 277 g/mol. The second kappa shape index (κ2) is 9.91. The van der Waals surface area contributed by atoms with Crippen LogP contribution < -0.4 is 18.9 Å². The molecule has 0 radical (unpaired) electrons. The molecule has 0 saturated carbocycles. The summed E-state index contributed by atoms with van der Waals surface area (Å²) in [6, 6.07) is 10.5. The van der Waals surface area contributed by atoms with E-state index in [9.17, 15) is 0 Å². The molecule has 0 unspecified atom stereocenters. The van der Waals surface area contributed by atoms with Crippen LogP contribution in [0.5, 0.6) is 0 Å². The first kappa shape index (κ1) is 19.1. The summed E-state index contributed by atoms with van der Waals surface area (Å²) in [7, 11) is -1.29. The van der Waals surface area contributed by atoms with Crippen molar-refractivity contribution in [2.45, 2.75) is 32.6 Å². The molecular formula is C17H24LiNSi. The van der Waals surface area contributed by atoms with Gasteiger partial charge in [0.1, 0.15) is 0 Å². The molecule has 0 spiro atoms. The van der Waals surface area contributed by atoms with Crippen molar-refractivity contribution >= 4 is 8.07 Å². The Bertz CT molecular complexity index is 442. The van der Waals surface area contributed by atoms with Crippen molar-refractivity contribution < 1.29 is 18.9 Å². The van der Waals surface area contributed by atoms with Crippen molar-refractivity contribution in [3.05, 3.63) is 66.2 Å². The zero-order chi connectivity index (χ0) is 14.1. The Balaban J connectivity index is 0.00000361. The van der Waals surface area contributed by atoms with E-state index in [4.69, 9.17) is 0 Å². The molecule has 1 aromatic rings. The minimum Gasteiger partial charge on any atom is -0.444 e. The summed E-state index contributed by atoms with van der Waals surface area (Å²) in [5, 5.41) is 0. The van der Waals surface area contributed by atoms with E-state index in [0.717, 1.165) is 19.5 Å². The van der Waals surface area contributed by atoms with Crippen molar-refractivity contribution in [1.82, 2.24) is 4.90 Å². The first-order chi connectivity index (χ1) is 9.01. The Kier molecular flexibility index (Phi) is 9.46. The number of nitrogens with zero attached hydrogens (tertiary/aromatic N) is 1. The fourth-order valence-electron chi connectivity index (χ4n) is 1.60. The molecule has 1 rings (SSSR count). The topological polar surface area (TPSA) is 3.24 Å². The summed E-state index contributed by atoms with van der Waals surface area (Å²) >= 11 is 0. The molecule has 20 heavy (non-hydrogen) atoms. The Hall–Kier alpha value is -0.906. The van der Waals surface area contributed by atoms with Gasteiger partial charge in [-0.1, -0.05) is 56.0 Å². The van der Waals surface area contributed by atoms with Crippen LogP contribution in [0.25, 0.3) is 0 Å². The van der Waals surface area contributed by atoms with Crippen LogP contribution in [0, 0.1) is 5.70 Å². The molecule has 0 heterocycles. The van der Waals surface area contributed by atoms with Crippen molar-refractivity contribution in [2.24, 2.45) is 0 Å². The van der Waals surface area contributed by atoms with Crippen LogP contribution in [-0.4, -0.2) is 19.5 Å². The van der Waals surface area contributed by atoms with E-state index in [1.54, 1.807) is 0 Å². The average Bonchev–Trinajstić information content (AvgIpc) is 2.35. The van der Waals surface area contributed by atoms with Crippen LogP contribution in [0.4, 0.5) is 0 Å². The SMILES string of the molecule is C=CCCN(C=C=[C-][Si](C)(C)C)Cc1ccccc1.[Li+]. The van der Waals surface area contributed by atoms with Gasteiger partial charge in [0.25, 0.3) is 0 Å². The molecular weight excluding hydrogens is 253 g/mol. The van der Waals surface area contributed by atoms with Gasteiger partial charge in [0.05, 0.1) is 0 Å². The van der Waals surface area contributed by atoms with Crippen molar-refractivity contribution in [3.8, 4) is 0 Å². The van der Waals surface area contributed by atoms with Gasteiger partial charge in [-0.05, 0) is 20.1 Å². The third-order valence-corrected chi connectivity index (χ3v) is 3.44. The Morgan fingerprint density at radius 2 is 1.90 bits per heavy atom. The summed E-state index contributed by atoms with van der Waals surface area (Å²) in [6.45, 7) is 12.5. The summed E-state index contributed by atoms with van der Waals surface area (Å²) < 4.78 is 0.